The molecule has 1 saturated heterocycles. The van der Waals surface area contributed by atoms with Gasteiger partial charge < -0.3 is 4.90 Å². The molecule has 0 N–H and O–H groups in total. The van der Waals surface area contributed by atoms with Gasteiger partial charge in [0, 0.05) is 32.7 Å². The molecule has 0 bridgehead atoms. The Bertz CT molecular complexity index is 952. The molecular weight excluding hydrogens is 412 g/mol. The number of hydrogen-bond acceptors (Lipinski definition) is 4. The number of aromatic nitrogens is 2. The quantitative estimate of drug-likeness (QED) is 0.666. The molecule has 158 valence electrons. The molecule has 1 fully saturated rings. The summed E-state index contributed by atoms with van der Waals surface area (Å²) in [7, 11) is -3.42. The summed E-state index contributed by atoms with van der Waals surface area (Å²) in [6.45, 7) is 5.77. The lowest BCUT2D eigenvalue weighted by atomic mass is 10.2. The number of carbonyl (C=O) groups excluding carboxylic acids is 1. The lowest BCUT2D eigenvalue weighted by molar-refractivity contribution is 0.0697. The van der Waals surface area contributed by atoms with Gasteiger partial charge in [0.25, 0.3) is 5.91 Å². The molecule has 3 rings (SSSR count). The van der Waals surface area contributed by atoms with Crippen LogP contribution >= 0.6 is 11.6 Å². The summed E-state index contributed by atoms with van der Waals surface area (Å²) in [6.07, 6.45) is 1.95. The van der Waals surface area contributed by atoms with Gasteiger partial charge in [-0.1, -0.05) is 55.3 Å². The lowest BCUT2D eigenvalue weighted by Crippen LogP contribution is -2.50. The third-order valence-electron chi connectivity index (χ3n) is 5.11. The van der Waals surface area contributed by atoms with E-state index in [1.54, 1.807) is 28.6 Å². The van der Waals surface area contributed by atoms with Gasteiger partial charge >= 0.3 is 0 Å². The van der Waals surface area contributed by atoms with Crippen LogP contribution < -0.4 is 0 Å². The summed E-state index contributed by atoms with van der Waals surface area (Å²) in [5, 5.41) is 4.76. The molecule has 1 aliphatic rings. The number of benzene rings is 1. The maximum atomic E-state index is 13.0. The van der Waals surface area contributed by atoms with Crippen molar-refractivity contribution in [3.63, 3.8) is 0 Å². The van der Waals surface area contributed by atoms with Crippen LogP contribution in [-0.4, -0.2) is 59.5 Å². The van der Waals surface area contributed by atoms with E-state index in [-0.39, 0.29) is 24.7 Å². The van der Waals surface area contributed by atoms with E-state index in [0.29, 0.717) is 36.0 Å². The molecule has 29 heavy (non-hydrogen) atoms. The molecule has 1 aromatic heterocycles. The molecule has 9 heteroatoms. The molecule has 1 amide bonds. The molecule has 2 heterocycles. The van der Waals surface area contributed by atoms with Crippen LogP contribution in [-0.2, 0) is 22.3 Å². The van der Waals surface area contributed by atoms with E-state index in [1.165, 1.54) is 4.31 Å². The van der Waals surface area contributed by atoms with Gasteiger partial charge in [-0.25, -0.2) is 8.42 Å². The Balaban J connectivity index is 1.65. The highest BCUT2D eigenvalue weighted by Crippen LogP contribution is 2.23. The van der Waals surface area contributed by atoms with E-state index in [1.807, 2.05) is 18.2 Å². The Hall–Kier alpha value is -1.90. The lowest BCUT2D eigenvalue weighted by Gasteiger charge is -2.34. The number of aryl methyl sites for hydroxylation is 2. The van der Waals surface area contributed by atoms with Crippen LogP contribution in [0.4, 0.5) is 0 Å². The van der Waals surface area contributed by atoms with E-state index >= 15 is 0 Å². The first-order valence-corrected chi connectivity index (χ1v) is 11.9. The Morgan fingerprint density at radius 3 is 2.41 bits per heavy atom. The highest BCUT2D eigenvalue weighted by atomic mass is 35.5. The third-order valence-corrected chi connectivity index (χ3v) is 7.35. The van der Waals surface area contributed by atoms with Gasteiger partial charge in [0.05, 0.1) is 17.0 Å². The second kappa shape index (κ2) is 9.28. The second-order valence-corrected chi connectivity index (χ2v) is 9.59. The smallest absolute Gasteiger partial charge is 0.258 e. The van der Waals surface area contributed by atoms with Crippen molar-refractivity contribution in [2.45, 2.75) is 39.0 Å². The summed E-state index contributed by atoms with van der Waals surface area (Å²) in [5.74, 6) is -0.216. The van der Waals surface area contributed by atoms with Crippen LogP contribution in [0.2, 0.25) is 5.15 Å². The number of rotatable bonds is 7. The van der Waals surface area contributed by atoms with Crippen molar-refractivity contribution in [2.24, 2.45) is 0 Å². The summed E-state index contributed by atoms with van der Waals surface area (Å²) >= 11 is 6.42. The maximum absolute atomic E-state index is 13.0. The fourth-order valence-corrected chi connectivity index (χ4v) is 5.31. The van der Waals surface area contributed by atoms with Crippen LogP contribution in [0.3, 0.4) is 0 Å². The molecule has 0 aliphatic carbocycles. The Kier molecular flexibility index (Phi) is 6.97. The summed E-state index contributed by atoms with van der Waals surface area (Å²) < 4.78 is 28.5. The summed E-state index contributed by atoms with van der Waals surface area (Å²) in [5.41, 5.74) is 1.78. The van der Waals surface area contributed by atoms with Crippen molar-refractivity contribution >= 4 is 27.5 Å². The molecule has 0 spiro atoms. The van der Waals surface area contributed by atoms with Crippen LogP contribution in [0.15, 0.2) is 30.3 Å². The minimum Gasteiger partial charge on any atom is -0.336 e. The highest BCUT2D eigenvalue weighted by molar-refractivity contribution is 7.88. The SMILES string of the molecule is CCCCn1nc(C)c(C(=O)N2CCN(S(=O)(=O)Cc3ccccc3)CC2)c1Cl. The molecule has 1 aromatic carbocycles. The first kappa shape index (κ1) is 21.8. The van der Waals surface area contributed by atoms with E-state index in [2.05, 4.69) is 12.0 Å². The average Bonchev–Trinajstić information content (AvgIpc) is 2.99. The van der Waals surface area contributed by atoms with E-state index < -0.39 is 10.0 Å². The molecule has 7 nitrogen and oxygen atoms in total. The fourth-order valence-electron chi connectivity index (χ4n) is 3.46. The van der Waals surface area contributed by atoms with Gasteiger partial charge in [0.15, 0.2) is 0 Å². The number of unbranched alkanes of at least 4 members (excludes halogenated alkanes) is 1. The number of piperazine rings is 1. The van der Waals surface area contributed by atoms with Crippen LogP contribution in [0.5, 0.6) is 0 Å². The van der Waals surface area contributed by atoms with Crippen molar-refractivity contribution in [3.8, 4) is 0 Å². The number of nitrogens with zero attached hydrogens (tertiary/aromatic N) is 4. The minimum atomic E-state index is -3.42. The number of sulfonamides is 1. The monoisotopic (exact) mass is 438 g/mol. The van der Waals surface area contributed by atoms with Crippen molar-refractivity contribution in [2.75, 3.05) is 26.2 Å². The van der Waals surface area contributed by atoms with Gasteiger partial charge in [0.2, 0.25) is 10.0 Å². The molecule has 0 unspecified atom stereocenters. The van der Waals surface area contributed by atoms with Crippen molar-refractivity contribution < 1.29 is 13.2 Å². The zero-order chi connectivity index (χ0) is 21.0. The normalized spacial score (nSPS) is 15.6. The number of hydrogen-bond donors (Lipinski definition) is 0. The third kappa shape index (κ3) is 4.99. The van der Waals surface area contributed by atoms with Crippen LogP contribution in [0.25, 0.3) is 0 Å². The second-order valence-electron chi connectivity index (χ2n) is 7.26. The van der Waals surface area contributed by atoms with Crippen LogP contribution in [0.1, 0.15) is 41.4 Å². The Labute approximate surface area is 177 Å². The predicted molar refractivity (Wildman–Crippen MR) is 113 cm³/mol. The molecule has 2 aromatic rings. The van der Waals surface area contributed by atoms with Crippen molar-refractivity contribution in [1.29, 1.82) is 0 Å². The van der Waals surface area contributed by atoms with Gasteiger partial charge in [-0.3, -0.25) is 9.48 Å². The molecule has 0 atom stereocenters. The van der Waals surface area contributed by atoms with Gasteiger partial charge in [-0.2, -0.15) is 9.40 Å². The molecular formula is C20H27ClN4O3S. The largest absolute Gasteiger partial charge is 0.336 e. The first-order valence-electron chi connectivity index (χ1n) is 9.87. The summed E-state index contributed by atoms with van der Waals surface area (Å²) in [6, 6.07) is 9.12. The molecule has 0 radical (unpaired) electrons. The minimum absolute atomic E-state index is 0.0308. The topological polar surface area (TPSA) is 75.5 Å². The van der Waals surface area contributed by atoms with Crippen LogP contribution in [0, 0.1) is 6.92 Å². The van der Waals surface area contributed by atoms with Gasteiger partial charge in [-0.05, 0) is 18.9 Å². The highest BCUT2D eigenvalue weighted by Gasteiger charge is 2.31. The van der Waals surface area contributed by atoms with E-state index in [0.717, 1.165) is 18.4 Å². The number of amides is 1. The Morgan fingerprint density at radius 1 is 1.14 bits per heavy atom. The number of halogens is 1. The average molecular weight is 439 g/mol. The zero-order valence-electron chi connectivity index (χ0n) is 16.8. The first-order chi connectivity index (χ1) is 13.8. The number of carbonyl (C=O) groups is 1. The van der Waals surface area contributed by atoms with Crippen molar-refractivity contribution in [3.05, 3.63) is 52.3 Å². The summed E-state index contributed by atoms with van der Waals surface area (Å²) in [4.78, 5) is 14.7. The fraction of sp³-hybridized carbons (Fsp3) is 0.500. The zero-order valence-corrected chi connectivity index (χ0v) is 18.4. The Morgan fingerprint density at radius 2 is 1.79 bits per heavy atom. The molecule has 1 aliphatic heterocycles. The van der Waals surface area contributed by atoms with E-state index in [4.69, 9.17) is 11.6 Å². The standard InChI is InChI=1S/C20H27ClN4O3S/c1-3-4-10-25-19(21)18(16(2)22-25)20(26)23-11-13-24(14-12-23)29(27,28)15-17-8-6-5-7-9-17/h5-9H,3-4,10-15H2,1-2H3. The van der Waals surface area contributed by atoms with Gasteiger partial charge in [0.1, 0.15) is 5.15 Å². The molecule has 0 saturated carbocycles. The van der Waals surface area contributed by atoms with Gasteiger partial charge in [-0.15, -0.1) is 0 Å². The van der Waals surface area contributed by atoms with Crippen molar-refractivity contribution in [1.82, 2.24) is 19.0 Å². The predicted octanol–water partition coefficient (Wildman–Crippen LogP) is 2.93. The maximum Gasteiger partial charge on any atom is 0.258 e. The van der Waals surface area contributed by atoms with E-state index in [9.17, 15) is 13.2 Å².